The Balaban J connectivity index is 2.18. The van der Waals surface area contributed by atoms with Crippen molar-refractivity contribution in [3.63, 3.8) is 0 Å². The van der Waals surface area contributed by atoms with Gasteiger partial charge in [0.15, 0.2) is 17.3 Å². The van der Waals surface area contributed by atoms with E-state index in [1.807, 2.05) is 0 Å². The van der Waals surface area contributed by atoms with Crippen LogP contribution in [0.15, 0.2) is 35.5 Å². The van der Waals surface area contributed by atoms with Crippen LogP contribution in [0.25, 0.3) is 11.0 Å². The fraction of sp³-hybridized carbons (Fsp3) is 0.308. The number of pyridine rings is 1. The van der Waals surface area contributed by atoms with Crippen LogP contribution in [0, 0.1) is 0 Å². The Hall–Kier alpha value is -2.25. The number of nitrogen functional groups attached to an aromatic ring is 1. The molecule has 1 aliphatic heterocycles. The molecule has 2 aromatic heterocycles. The molecule has 1 aliphatic rings. The average molecular weight is 274 g/mol. The number of fused-ring (bicyclic) bond motifs is 1. The quantitative estimate of drug-likeness (QED) is 0.759. The van der Waals surface area contributed by atoms with Gasteiger partial charge in [-0.15, -0.1) is 0 Å². The standard InChI is InChI=1S/C13H14N4O3/c1-7-4-8(5-18)20-13(7)17-3-2-9(19)10-11(14)15-6-16-12(10)17/h2-3,6,8,13,18H,1,4-5H2,(H2,14,15,16). The molecule has 0 bridgehead atoms. The molecule has 1 fully saturated rings. The monoisotopic (exact) mass is 274 g/mol. The molecule has 20 heavy (non-hydrogen) atoms. The van der Waals surface area contributed by atoms with Crippen molar-refractivity contribution < 1.29 is 9.84 Å². The Bertz CT molecular complexity index is 740. The van der Waals surface area contributed by atoms with Gasteiger partial charge < -0.3 is 20.1 Å². The van der Waals surface area contributed by atoms with Crippen LogP contribution in [-0.2, 0) is 4.74 Å². The highest BCUT2D eigenvalue weighted by molar-refractivity contribution is 5.84. The van der Waals surface area contributed by atoms with E-state index in [1.54, 1.807) is 10.8 Å². The van der Waals surface area contributed by atoms with Gasteiger partial charge in [0.25, 0.3) is 0 Å². The summed E-state index contributed by atoms with van der Waals surface area (Å²) in [5.74, 6) is 0.136. The Kier molecular flexibility index (Phi) is 3.00. The number of aliphatic hydroxyl groups is 1. The van der Waals surface area contributed by atoms with Crippen LogP contribution in [0.2, 0.25) is 0 Å². The molecular weight excluding hydrogens is 260 g/mol. The lowest BCUT2D eigenvalue weighted by Gasteiger charge is -2.18. The van der Waals surface area contributed by atoms with Crippen molar-refractivity contribution in [2.75, 3.05) is 12.3 Å². The minimum atomic E-state index is -0.468. The van der Waals surface area contributed by atoms with Gasteiger partial charge in [0.05, 0.1) is 12.7 Å². The molecule has 3 N–H and O–H groups in total. The average Bonchev–Trinajstić information content (AvgIpc) is 2.80. The van der Waals surface area contributed by atoms with Crippen molar-refractivity contribution in [1.82, 2.24) is 14.5 Å². The first-order valence-corrected chi connectivity index (χ1v) is 6.17. The molecule has 2 unspecified atom stereocenters. The lowest BCUT2D eigenvalue weighted by molar-refractivity contribution is -0.0133. The fourth-order valence-corrected chi connectivity index (χ4v) is 2.40. The van der Waals surface area contributed by atoms with Gasteiger partial charge in [0.2, 0.25) is 0 Å². The molecule has 0 spiro atoms. The van der Waals surface area contributed by atoms with E-state index in [-0.39, 0.29) is 29.3 Å². The van der Waals surface area contributed by atoms with Crippen LogP contribution in [0.4, 0.5) is 5.82 Å². The topological polar surface area (TPSA) is 103 Å². The van der Waals surface area contributed by atoms with Gasteiger partial charge in [-0.3, -0.25) is 4.79 Å². The highest BCUT2D eigenvalue weighted by Gasteiger charge is 2.30. The summed E-state index contributed by atoms with van der Waals surface area (Å²) in [6.45, 7) is 3.87. The second-order valence-electron chi connectivity index (χ2n) is 4.70. The van der Waals surface area contributed by atoms with Crippen molar-refractivity contribution in [3.05, 3.63) is 41.0 Å². The highest BCUT2D eigenvalue weighted by atomic mass is 16.5. The summed E-state index contributed by atoms with van der Waals surface area (Å²) in [4.78, 5) is 19.8. The third-order valence-electron chi connectivity index (χ3n) is 3.35. The molecule has 0 aromatic carbocycles. The smallest absolute Gasteiger partial charge is 0.194 e. The number of anilines is 1. The van der Waals surface area contributed by atoms with Gasteiger partial charge in [-0.25, -0.2) is 9.97 Å². The van der Waals surface area contributed by atoms with Crippen LogP contribution in [0.3, 0.4) is 0 Å². The Morgan fingerprint density at radius 3 is 3.05 bits per heavy atom. The minimum absolute atomic E-state index is 0.0786. The highest BCUT2D eigenvalue weighted by Crippen LogP contribution is 2.33. The zero-order valence-electron chi connectivity index (χ0n) is 10.7. The predicted octanol–water partition coefficient (Wildman–Crippen LogP) is 0.210. The maximum Gasteiger partial charge on any atom is 0.194 e. The van der Waals surface area contributed by atoms with Gasteiger partial charge in [-0.1, -0.05) is 6.58 Å². The molecular formula is C13H14N4O3. The summed E-state index contributed by atoms with van der Waals surface area (Å²) in [6, 6.07) is 1.39. The van der Waals surface area contributed by atoms with E-state index in [0.717, 1.165) is 5.57 Å². The summed E-state index contributed by atoms with van der Waals surface area (Å²) in [5, 5.41) is 9.44. The first kappa shape index (κ1) is 12.8. The number of nitrogens with two attached hydrogens (primary N) is 1. The number of hydrogen-bond donors (Lipinski definition) is 2. The molecule has 1 saturated heterocycles. The lowest BCUT2D eigenvalue weighted by Crippen LogP contribution is -2.18. The van der Waals surface area contributed by atoms with Crippen molar-refractivity contribution in [3.8, 4) is 0 Å². The Morgan fingerprint density at radius 2 is 2.35 bits per heavy atom. The van der Waals surface area contributed by atoms with Crippen LogP contribution in [0.1, 0.15) is 12.6 Å². The molecule has 7 heteroatoms. The van der Waals surface area contributed by atoms with E-state index in [1.165, 1.54) is 12.4 Å². The fourth-order valence-electron chi connectivity index (χ4n) is 2.40. The third kappa shape index (κ3) is 1.87. The normalized spacial score (nSPS) is 22.6. The van der Waals surface area contributed by atoms with E-state index < -0.39 is 6.23 Å². The van der Waals surface area contributed by atoms with E-state index >= 15 is 0 Å². The molecule has 7 nitrogen and oxygen atoms in total. The molecule has 104 valence electrons. The number of rotatable bonds is 2. The lowest BCUT2D eigenvalue weighted by atomic mass is 10.1. The van der Waals surface area contributed by atoms with Crippen LogP contribution >= 0.6 is 0 Å². The summed E-state index contributed by atoms with van der Waals surface area (Å²) in [7, 11) is 0. The van der Waals surface area contributed by atoms with Crippen LogP contribution < -0.4 is 11.2 Å². The van der Waals surface area contributed by atoms with Gasteiger partial charge in [-0.05, 0) is 5.57 Å². The minimum Gasteiger partial charge on any atom is -0.394 e. The van der Waals surface area contributed by atoms with Gasteiger partial charge >= 0.3 is 0 Å². The first-order valence-electron chi connectivity index (χ1n) is 6.17. The van der Waals surface area contributed by atoms with Gasteiger partial charge in [-0.2, -0.15) is 0 Å². The maximum atomic E-state index is 11.9. The number of aliphatic hydroxyl groups excluding tert-OH is 1. The van der Waals surface area contributed by atoms with Gasteiger partial charge in [0.1, 0.15) is 17.5 Å². The number of ether oxygens (including phenoxy) is 1. The molecule has 0 saturated carbocycles. The first-order chi connectivity index (χ1) is 9.61. The van der Waals surface area contributed by atoms with Crippen molar-refractivity contribution >= 4 is 16.9 Å². The van der Waals surface area contributed by atoms with E-state index in [0.29, 0.717) is 12.1 Å². The molecule has 2 aromatic rings. The molecule has 0 amide bonds. The zero-order valence-corrected chi connectivity index (χ0v) is 10.7. The van der Waals surface area contributed by atoms with Crippen LogP contribution in [-0.4, -0.2) is 32.4 Å². The van der Waals surface area contributed by atoms with E-state index in [2.05, 4.69) is 16.5 Å². The van der Waals surface area contributed by atoms with Crippen molar-refractivity contribution in [2.24, 2.45) is 0 Å². The summed E-state index contributed by atoms with van der Waals surface area (Å²) < 4.78 is 7.39. The van der Waals surface area contributed by atoms with E-state index in [4.69, 9.17) is 10.5 Å². The summed E-state index contributed by atoms with van der Waals surface area (Å²) >= 11 is 0. The molecule has 3 heterocycles. The molecule has 0 radical (unpaired) electrons. The van der Waals surface area contributed by atoms with Crippen molar-refractivity contribution in [2.45, 2.75) is 18.8 Å². The Labute approximate surface area is 114 Å². The van der Waals surface area contributed by atoms with E-state index in [9.17, 15) is 9.90 Å². The van der Waals surface area contributed by atoms with Crippen LogP contribution in [0.5, 0.6) is 0 Å². The number of nitrogens with zero attached hydrogens (tertiary/aromatic N) is 3. The second kappa shape index (κ2) is 4.69. The molecule has 0 aliphatic carbocycles. The molecule has 2 atom stereocenters. The van der Waals surface area contributed by atoms with Crippen molar-refractivity contribution in [1.29, 1.82) is 0 Å². The summed E-state index contributed by atoms with van der Waals surface area (Å²) in [6.07, 6.45) is 2.70. The Morgan fingerprint density at radius 1 is 1.55 bits per heavy atom. The predicted molar refractivity (Wildman–Crippen MR) is 73.0 cm³/mol. The second-order valence-corrected chi connectivity index (χ2v) is 4.70. The zero-order chi connectivity index (χ0) is 14.3. The molecule has 3 rings (SSSR count). The summed E-state index contributed by atoms with van der Waals surface area (Å²) in [5.41, 5.74) is 6.72. The van der Waals surface area contributed by atoms with Gasteiger partial charge in [0, 0.05) is 18.7 Å². The SMILES string of the molecule is C=C1CC(CO)OC1n1ccc(=O)c2c(N)ncnc21. The largest absolute Gasteiger partial charge is 0.394 e. The number of hydrogen-bond acceptors (Lipinski definition) is 6. The maximum absolute atomic E-state index is 11.9. The third-order valence-corrected chi connectivity index (χ3v) is 3.35. The number of aromatic nitrogens is 3.